The van der Waals surface area contributed by atoms with Crippen molar-refractivity contribution in [3.05, 3.63) is 24.3 Å². The van der Waals surface area contributed by atoms with Gasteiger partial charge in [0.15, 0.2) is 9.84 Å². The molecular formula is C11H15NO5S. The first-order valence-electron chi connectivity index (χ1n) is 5.37. The molecule has 0 radical (unpaired) electrons. The molecule has 1 aromatic rings. The van der Waals surface area contributed by atoms with Gasteiger partial charge in [-0.3, -0.25) is 5.32 Å². The Morgan fingerprint density at radius 2 is 1.94 bits per heavy atom. The number of benzene rings is 1. The molecule has 6 nitrogen and oxygen atoms in total. The number of carbonyl (C=O) groups excluding carboxylic acids is 1. The van der Waals surface area contributed by atoms with Crippen molar-refractivity contribution in [2.75, 3.05) is 24.3 Å². The van der Waals surface area contributed by atoms with E-state index in [1.807, 2.05) is 0 Å². The average molecular weight is 273 g/mol. The van der Waals surface area contributed by atoms with E-state index in [1.165, 1.54) is 24.3 Å². The fraction of sp³-hybridized carbons (Fsp3) is 0.364. The van der Waals surface area contributed by atoms with Crippen LogP contribution in [0.1, 0.15) is 6.92 Å². The number of carbonyl (C=O) groups is 1. The molecule has 0 fully saturated rings. The van der Waals surface area contributed by atoms with Crippen molar-refractivity contribution in [3.8, 4) is 0 Å². The van der Waals surface area contributed by atoms with Gasteiger partial charge in [0, 0.05) is 5.69 Å². The van der Waals surface area contributed by atoms with E-state index in [0.717, 1.165) is 0 Å². The van der Waals surface area contributed by atoms with Crippen molar-refractivity contribution < 1.29 is 23.1 Å². The van der Waals surface area contributed by atoms with Crippen molar-refractivity contribution in [3.63, 3.8) is 0 Å². The molecule has 18 heavy (non-hydrogen) atoms. The molecule has 7 heteroatoms. The highest BCUT2D eigenvalue weighted by Crippen LogP contribution is 2.15. The molecule has 0 aromatic heterocycles. The minimum atomic E-state index is -3.23. The average Bonchev–Trinajstić information content (AvgIpc) is 2.37. The number of hydrogen-bond donors (Lipinski definition) is 2. The van der Waals surface area contributed by atoms with E-state index in [0.29, 0.717) is 5.69 Å². The number of aliphatic hydroxyl groups excluding tert-OH is 1. The van der Waals surface area contributed by atoms with Crippen molar-refractivity contribution in [2.24, 2.45) is 0 Å². The smallest absolute Gasteiger partial charge is 0.411 e. The Bertz CT molecular complexity index is 495. The quantitative estimate of drug-likeness (QED) is 0.835. The number of amides is 1. The second-order valence-corrected chi connectivity index (χ2v) is 5.69. The molecule has 100 valence electrons. The van der Waals surface area contributed by atoms with Crippen LogP contribution in [0.2, 0.25) is 0 Å². The Labute approximate surface area is 106 Å². The molecule has 0 aliphatic carbocycles. The van der Waals surface area contributed by atoms with Gasteiger partial charge in [-0.1, -0.05) is 6.92 Å². The van der Waals surface area contributed by atoms with Crippen molar-refractivity contribution in [1.29, 1.82) is 0 Å². The molecule has 0 atom stereocenters. The Morgan fingerprint density at radius 3 is 2.44 bits per heavy atom. The van der Waals surface area contributed by atoms with Crippen LogP contribution in [0.4, 0.5) is 10.5 Å². The number of hydrogen-bond acceptors (Lipinski definition) is 5. The largest absolute Gasteiger partial charge is 0.447 e. The van der Waals surface area contributed by atoms with E-state index < -0.39 is 15.9 Å². The highest BCUT2D eigenvalue weighted by molar-refractivity contribution is 7.91. The lowest BCUT2D eigenvalue weighted by atomic mass is 10.3. The summed E-state index contributed by atoms with van der Waals surface area (Å²) < 4.78 is 27.7. The van der Waals surface area contributed by atoms with Gasteiger partial charge >= 0.3 is 6.09 Å². The van der Waals surface area contributed by atoms with Crippen LogP contribution in [-0.2, 0) is 14.6 Å². The van der Waals surface area contributed by atoms with Crippen LogP contribution >= 0.6 is 0 Å². The standard InChI is InChI=1S/C11H15NO5S/c1-2-18(15,16)10-5-3-9(4-6-10)12-11(14)17-8-7-13/h3-6,13H,2,7-8H2,1H3,(H,12,14). The summed E-state index contributed by atoms with van der Waals surface area (Å²) in [5.41, 5.74) is 0.424. The summed E-state index contributed by atoms with van der Waals surface area (Å²) in [5.74, 6) is 0.0261. The minimum absolute atomic E-state index is 0.0261. The summed E-state index contributed by atoms with van der Waals surface area (Å²) in [7, 11) is -3.23. The minimum Gasteiger partial charge on any atom is -0.447 e. The molecule has 0 unspecified atom stereocenters. The Kier molecular flexibility index (Phi) is 5.11. The molecule has 0 bridgehead atoms. The summed E-state index contributed by atoms with van der Waals surface area (Å²) in [6.07, 6.45) is -0.699. The van der Waals surface area contributed by atoms with Crippen molar-refractivity contribution in [2.45, 2.75) is 11.8 Å². The molecule has 0 spiro atoms. The van der Waals surface area contributed by atoms with Crippen molar-refractivity contribution in [1.82, 2.24) is 0 Å². The predicted molar refractivity (Wildman–Crippen MR) is 66.2 cm³/mol. The van der Waals surface area contributed by atoms with Crippen LogP contribution in [0.15, 0.2) is 29.2 Å². The van der Waals surface area contributed by atoms with E-state index in [-0.39, 0.29) is 23.9 Å². The molecule has 0 aliphatic heterocycles. The number of rotatable bonds is 5. The van der Waals surface area contributed by atoms with Gasteiger partial charge in [-0.2, -0.15) is 0 Å². The number of sulfone groups is 1. The second-order valence-electron chi connectivity index (χ2n) is 3.41. The monoisotopic (exact) mass is 273 g/mol. The normalized spacial score (nSPS) is 11.0. The van der Waals surface area contributed by atoms with Gasteiger partial charge < -0.3 is 9.84 Å². The van der Waals surface area contributed by atoms with Crippen molar-refractivity contribution >= 4 is 21.6 Å². The summed E-state index contributed by atoms with van der Waals surface area (Å²) in [4.78, 5) is 11.4. The van der Waals surface area contributed by atoms with Crippen LogP contribution < -0.4 is 5.32 Å². The van der Waals surface area contributed by atoms with Gasteiger partial charge in [-0.25, -0.2) is 13.2 Å². The Balaban J connectivity index is 2.69. The molecule has 2 N–H and O–H groups in total. The molecule has 0 aliphatic rings. The van der Waals surface area contributed by atoms with E-state index in [1.54, 1.807) is 6.92 Å². The van der Waals surface area contributed by atoms with Crippen LogP contribution in [0.3, 0.4) is 0 Å². The first kappa shape index (κ1) is 14.5. The molecule has 0 heterocycles. The number of aliphatic hydroxyl groups is 1. The van der Waals surface area contributed by atoms with Crippen LogP contribution in [0, 0.1) is 0 Å². The molecule has 1 amide bonds. The molecule has 0 saturated heterocycles. The molecule has 1 rings (SSSR count). The van der Waals surface area contributed by atoms with E-state index in [9.17, 15) is 13.2 Å². The molecule has 1 aromatic carbocycles. The maximum absolute atomic E-state index is 11.5. The van der Waals surface area contributed by atoms with Gasteiger partial charge in [0.2, 0.25) is 0 Å². The Morgan fingerprint density at radius 1 is 1.33 bits per heavy atom. The third-order valence-electron chi connectivity index (χ3n) is 2.16. The van der Waals surface area contributed by atoms with E-state index in [4.69, 9.17) is 5.11 Å². The SMILES string of the molecule is CCS(=O)(=O)c1ccc(NC(=O)OCCO)cc1. The zero-order valence-corrected chi connectivity index (χ0v) is 10.7. The maximum atomic E-state index is 11.5. The summed E-state index contributed by atoms with van der Waals surface area (Å²) >= 11 is 0. The fourth-order valence-corrected chi connectivity index (χ4v) is 2.09. The number of anilines is 1. The lowest BCUT2D eigenvalue weighted by Gasteiger charge is -2.06. The summed E-state index contributed by atoms with van der Waals surface area (Å²) in [5, 5.41) is 10.9. The topological polar surface area (TPSA) is 92.7 Å². The Hall–Kier alpha value is -1.60. The van der Waals surface area contributed by atoms with Gasteiger partial charge in [0.25, 0.3) is 0 Å². The first-order chi connectivity index (χ1) is 8.49. The van der Waals surface area contributed by atoms with Crippen LogP contribution in [0.25, 0.3) is 0 Å². The maximum Gasteiger partial charge on any atom is 0.411 e. The summed E-state index contributed by atoms with van der Waals surface area (Å²) in [6.45, 7) is 1.23. The van der Waals surface area contributed by atoms with Crippen LogP contribution in [0.5, 0.6) is 0 Å². The van der Waals surface area contributed by atoms with Gasteiger partial charge in [0.1, 0.15) is 6.61 Å². The fourth-order valence-electron chi connectivity index (χ4n) is 1.20. The molecule has 0 saturated carbocycles. The highest BCUT2D eigenvalue weighted by Gasteiger charge is 2.11. The summed E-state index contributed by atoms with van der Waals surface area (Å²) in [6, 6.07) is 5.78. The predicted octanol–water partition coefficient (Wildman–Crippen LogP) is 1.02. The third kappa shape index (κ3) is 4.01. The van der Waals surface area contributed by atoms with Gasteiger partial charge in [-0.05, 0) is 24.3 Å². The lowest BCUT2D eigenvalue weighted by Crippen LogP contribution is -2.15. The zero-order valence-electron chi connectivity index (χ0n) is 9.92. The molecular weight excluding hydrogens is 258 g/mol. The number of nitrogens with one attached hydrogen (secondary N) is 1. The zero-order chi connectivity index (χ0) is 13.6. The van der Waals surface area contributed by atoms with Crippen LogP contribution in [-0.4, -0.2) is 38.6 Å². The highest BCUT2D eigenvalue weighted by atomic mass is 32.2. The van der Waals surface area contributed by atoms with E-state index in [2.05, 4.69) is 10.1 Å². The number of ether oxygens (including phenoxy) is 1. The van der Waals surface area contributed by atoms with Gasteiger partial charge in [0.05, 0.1) is 17.3 Å². The lowest BCUT2D eigenvalue weighted by molar-refractivity contribution is 0.131. The third-order valence-corrected chi connectivity index (χ3v) is 3.91. The van der Waals surface area contributed by atoms with E-state index >= 15 is 0 Å². The van der Waals surface area contributed by atoms with Gasteiger partial charge in [-0.15, -0.1) is 0 Å². The first-order valence-corrected chi connectivity index (χ1v) is 7.02. The second kappa shape index (κ2) is 6.36.